The van der Waals surface area contributed by atoms with Crippen LogP contribution in [0.1, 0.15) is 32.9 Å². The Kier molecular flexibility index (Phi) is 6.75. The fraction of sp³-hybridized carbons (Fsp3) is 0.208. The Balaban J connectivity index is 1.45. The monoisotopic (exact) mass is 492 g/mol. The van der Waals surface area contributed by atoms with Gasteiger partial charge in [-0.15, -0.1) is 11.3 Å². The van der Waals surface area contributed by atoms with Crippen LogP contribution in [-0.4, -0.2) is 37.8 Å². The van der Waals surface area contributed by atoms with Crippen molar-refractivity contribution in [2.24, 2.45) is 7.05 Å². The van der Waals surface area contributed by atoms with Crippen molar-refractivity contribution in [2.75, 3.05) is 11.9 Å². The van der Waals surface area contributed by atoms with E-state index in [0.717, 1.165) is 16.8 Å². The Morgan fingerprint density at radius 2 is 2.00 bits per heavy atom. The van der Waals surface area contributed by atoms with Crippen LogP contribution >= 0.6 is 11.3 Å². The molecule has 9 nitrogen and oxygen atoms in total. The number of thiazole rings is 1. The minimum absolute atomic E-state index is 0.0886. The SMILES string of the molecule is Cc1c(C#N)c(NC(=O)COC(=O)c2csc(-c3cnn(C)c3)n2)n(Cc2ccc(F)cc2)c1C. The third-order valence-electron chi connectivity index (χ3n) is 5.45. The van der Waals surface area contributed by atoms with E-state index in [0.29, 0.717) is 28.5 Å². The molecule has 0 spiro atoms. The van der Waals surface area contributed by atoms with Crippen molar-refractivity contribution >= 4 is 29.0 Å². The van der Waals surface area contributed by atoms with Crippen LogP contribution in [0.15, 0.2) is 42.0 Å². The molecule has 0 aliphatic heterocycles. The number of nitriles is 1. The number of benzene rings is 1. The normalized spacial score (nSPS) is 10.7. The smallest absolute Gasteiger partial charge is 0.358 e. The Labute approximate surface area is 204 Å². The molecule has 3 aromatic heterocycles. The second kappa shape index (κ2) is 9.90. The van der Waals surface area contributed by atoms with E-state index in [-0.39, 0.29) is 11.5 Å². The standard InChI is InChI=1S/C24H21FN6O3S/c1-14-15(2)31(10-16-4-6-18(25)7-5-16)22(19(14)8-26)29-21(32)12-34-24(33)20-13-35-23(28-20)17-9-27-30(3)11-17/h4-7,9,11,13H,10,12H2,1-3H3,(H,29,32). The molecule has 11 heteroatoms. The number of amides is 1. The first-order valence-corrected chi connectivity index (χ1v) is 11.4. The number of nitrogens with one attached hydrogen (secondary N) is 1. The lowest BCUT2D eigenvalue weighted by atomic mass is 10.2. The van der Waals surface area contributed by atoms with E-state index in [9.17, 15) is 19.2 Å². The molecule has 1 amide bonds. The van der Waals surface area contributed by atoms with Gasteiger partial charge >= 0.3 is 5.97 Å². The molecule has 0 aliphatic rings. The number of anilines is 1. The van der Waals surface area contributed by atoms with E-state index < -0.39 is 18.5 Å². The van der Waals surface area contributed by atoms with Crippen molar-refractivity contribution < 1.29 is 18.7 Å². The molecule has 0 bridgehead atoms. The van der Waals surface area contributed by atoms with Crippen molar-refractivity contribution in [2.45, 2.75) is 20.4 Å². The predicted octanol–water partition coefficient (Wildman–Crippen LogP) is 3.82. The number of aryl methyl sites for hydroxylation is 1. The molecular formula is C24H21FN6O3S. The van der Waals surface area contributed by atoms with Crippen LogP contribution in [0.3, 0.4) is 0 Å². The van der Waals surface area contributed by atoms with Gasteiger partial charge in [-0.25, -0.2) is 14.2 Å². The summed E-state index contributed by atoms with van der Waals surface area (Å²) in [6.07, 6.45) is 3.42. The van der Waals surface area contributed by atoms with Gasteiger partial charge in [-0.3, -0.25) is 9.48 Å². The van der Waals surface area contributed by atoms with E-state index in [4.69, 9.17) is 4.74 Å². The maximum Gasteiger partial charge on any atom is 0.358 e. The number of hydrogen-bond donors (Lipinski definition) is 1. The number of ether oxygens (including phenoxy) is 1. The predicted molar refractivity (Wildman–Crippen MR) is 127 cm³/mol. The van der Waals surface area contributed by atoms with Gasteiger partial charge in [0.25, 0.3) is 5.91 Å². The largest absolute Gasteiger partial charge is 0.451 e. The lowest BCUT2D eigenvalue weighted by Gasteiger charge is -2.13. The maximum absolute atomic E-state index is 13.3. The van der Waals surface area contributed by atoms with Gasteiger partial charge in [0.2, 0.25) is 0 Å². The highest BCUT2D eigenvalue weighted by Crippen LogP contribution is 2.27. The zero-order valence-electron chi connectivity index (χ0n) is 19.2. The summed E-state index contributed by atoms with van der Waals surface area (Å²) in [5.74, 6) is -1.40. The first-order valence-electron chi connectivity index (χ1n) is 10.5. The molecule has 3 heterocycles. The highest BCUT2D eigenvalue weighted by Gasteiger charge is 2.21. The topological polar surface area (TPSA) is 115 Å². The Morgan fingerprint density at radius 3 is 2.66 bits per heavy atom. The van der Waals surface area contributed by atoms with Gasteiger partial charge in [0.05, 0.1) is 11.8 Å². The molecular weight excluding hydrogens is 471 g/mol. The van der Waals surface area contributed by atoms with E-state index in [2.05, 4.69) is 21.5 Å². The van der Waals surface area contributed by atoms with Crippen LogP contribution in [0, 0.1) is 31.0 Å². The lowest BCUT2D eigenvalue weighted by molar-refractivity contribution is -0.119. The summed E-state index contributed by atoms with van der Waals surface area (Å²) in [6, 6.07) is 8.09. The van der Waals surface area contributed by atoms with Gasteiger partial charge in [-0.1, -0.05) is 12.1 Å². The van der Waals surface area contributed by atoms with Gasteiger partial charge < -0.3 is 14.6 Å². The van der Waals surface area contributed by atoms with Crippen LogP contribution in [0.2, 0.25) is 0 Å². The van der Waals surface area contributed by atoms with Crippen molar-refractivity contribution in [1.29, 1.82) is 5.26 Å². The number of aromatic nitrogens is 4. The van der Waals surface area contributed by atoms with Crippen LogP contribution in [0.25, 0.3) is 10.6 Å². The molecule has 0 saturated heterocycles. The average Bonchev–Trinajstić information content (AvgIpc) is 3.55. The summed E-state index contributed by atoms with van der Waals surface area (Å²) >= 11 is 1.27. The summed E-state index contributed by atoms with van der Waals surface area (Å²) in [5, 5.41) is 18.6. The number of nitrogens with zero attached hydrogens (tertiary/aromatic N) is 5. The third-order valence-corrected chi connectivity index (χ3v) is 6.34. The molecule has 0 saturated carbocycles. The molecule has 0 radical (unpaired) electrons. The zero-order valence-corrected chi connectivity index (χ0v) is 20.0. The van der Waals surface area contributed by atoms with Gasteiger partial charge in [-0.2, -0.15) is 10.4 Å². The van der Waals surface area contributed by atoms with E-state index in [1.54, 1.807) is 53.1 Å². The average molecular weight is 493 g/mol. The summed E-state index contributed by atoms with van der Waals surface area (Å²) in [7, 11) is 1.78. The second-order valence-corrected chi connectivity index (χ2v) is 8.68. The van der Waals surface area contributed by atoms with Crippen LogP contribution in [0.4, 0.5) is 10.2 Å². The van der Waals surface area contributed by atoms with Crippen LogP contribution in [0.5, 0.6) is 0 Å². The van der Waals surface area contributed by atoms with Crippen molar-refractivity contribution in [1.82, 2.24) is 19.3 Å². The second-order valence-electron chi connectivity index (χ2n) is 7.82. The lowest BCUT2D eigenvalue weighted by Crippen LogP contribution is -2.23. The fourth-order valence-electron chi connectivity index (χ4n) is 3.51. The molecule has 1 aromatic carbocycles. The third kappa shape index (κ3) is 5.12. The van der Waals surface area contributed by atoms with Gasteiger partial charge in [0, 0.05) is 36.4 Å². The number of carbonyl (C=O) groups excluding carboxylic acids is 2. The number of hydrogen-bond acceptors (Lipinski definition) is 7. The maximum atomic E-state index is 13.3. The van der Waals surface area contributed by atoms with Gasteiger partial charge in [0.15, 0.2) is 12.3 Å². The number of carbonyl (C=O) groups is 2. The Morgan fingerprint density at radius 1 is 1.26 bits per heavy atom. The molecule has 0 fully saturated rings. The van der Waals surface area contributed by atoms with Crippen molar-refractivity contribution in [3.05, 3.63) is 75.9 Å². The first kappa shape index (κ1) is 23.8. The quantitative estimate of drug-likeness (QED) is 0.392. The van der Waals surface area contributed by atoms with E-state index in [1.165, 1.54) is 23.5 Å². The summed E-state index contributed by atoms with van der Waals surface area (Å²) in [5.41, 5.74) is 3.46. The molecule has 0 aliphatic carbocycles. The fourth-order valence-corrected chi connectivity index (χ4v) is 4.27. The minimum atomic E-state index is -0.735. The molecule has 4 rings (SSSR count). The Hall–Kier alpha value is -4.30. The summed E-state index contributed by atoms with van der Waals surface area (Å²) in [6.45, 7) is 3.38. The number of rotatable bonds is 7. The first-order chi connectivity index (χ1) is 16.8. The molecule has 35 heavy (non-hydrogen) atoms. The van der Waals surface area contributed by atoms with Crippen LogP contribution < -0.4 is 5.32 Å². The highest BCUT2D eigenvalue weighted by molar-refractivity contribution is 7.13. The highest BCUT2D eigenvalue weighted by atomic mass is 32.1. The van der Waals surface area contributed by atoms with Gasteiger partial charge in [-0.05, 0) is 37.1 Å². The van der Waals surface area contributed by atoms with E-state index in [1.807, 2.05) is 6.92 Å². The number of halogens is 1. The number of esters is 1. The molecule has 1 N–H and O–H groups in total. The van der Waals surface area contributed by atoms with Crippen LogP contribution in [-0.2, 0) is 23.1 Å². The van der Waals surface area contributed by atoms with Gasteiger partial charge in [0.1, 0.15) is 22.7 Å². The van der Waals surface area contributed by atoms with E-state index >= 15 is 0 Å². The van der Waals surface area contributed by atoms with Crippen molar-refractivity contribution in [3.8, 4) is 16.6 Å². The molecule has 4 aromatic rings. The Bertz CT molecular complexity index is 1440. The summed E-state index contributed by atoms with van der Waals surface area (Å²) < 4.78 is 21.8. The molecule has 178 valence electrons. The minimum Gasteiger partial charge on any atom is -0.451 e. The molecule has 0 atom stereocenters. The van der Waals surface area contributed by atoms with Crippen molar-refractivity contribution in [3.63, 3.8) is 0 Å². The molecule has 0 unspecified atom stereocenters. The zero-order chi connectivity index (χ0) is 25.1. The summed E-state index contributed by atoms with van der Waals surface area (Å²) in [4.78, 5) is 29.3.